The van der Waals surface area contributed by atoms with Crippen LogP contribution in [-0.2, 0) is 0 Å². The second-order valence-electron chi connectivity index (χ2n) is 4.30. The Morgan fingerprint density at radius 2 is 2.35 bits per heavy atom. The van der Waals surface area contributed by atoms with Crippen molar-refractivity contribution in [3.8, 4) is 0 Å². The fourth-order valence-corrected chi connectivity index (χ4v) is 2.25. The third kappa shape index (κ3) is 2.68. The average Bonchev–Trinajstić information content (AvgIpc) is 2.30. The van der Waals surface area contributed by atoms with Crippen LogP contribution in [0.5, 0.6) is 0 Å². The van der Waals surface area contributed by atoms with Crippen LogP contribution in [0, 0.1) is 5.82 Å². The maximum atomic E-state index is 13.8. The van der Waals surface area contributed by atoms with E-state index >= 15 is 0 Å². The minimum atomic E-state index is -0.388. The molecule has 4 nitrogen and oxygen atoms in total. The molecule has 0 aliphatic carbocycles. The highest BCUT2D eigenvalue weighted by Gasteiger charge is 2.27. The molecule has 1 unspecified atom stereocenters. The van der Waals surface area contributed by atoms with Gasteiger partial charge in [0.1, 0.15) is 0 Å². The number of hydrogen-bond donors (Lipinski definition) is 1. The minimum Gasteiger partial charge on any atom is -0.347 e. The van der Waals surface area contributed by atoms with Gasteiger partial charge in [0.25, 0.3) is 0 Å². The Hall–Kier alpha value is -0.910. The molecule has 0 radical (unpaired) electrons. The highest BCUT2D eigenvalue weighted by Crippen LogP contribution is 2.23. The first kappa shape index (κ1) is 12.5. The monoisotopic (exact) mass is 258 g/mol. The number of nitrogens with zero attached hydrogens (tertiary/aromatic N) is 3. The van der Waals surface area contributed by atoms with Gasteiger partial charge in [-0.25, -0.2) is 9.37 Å². The van der Waals surface area contributed by atoms with Gasteiger partial charge in [-0.1, -0.05) is 11.6 Å². The molecule has 1 fully saturated rings. The van der Waals surface area contributed by atoms with Gasteiger partial charge in [0, 0.05) is 32.4 Å². The lowest BCUT2D eigenvalue weighted by Crippen LogP contribution is -2.55. The number of hydrogen-bond acceptors (Lipinski definition) is 4. The normalized spacial score (nSPS) is 21.9. The van der Waals surface area contributed by atoms with E-state index in [1.54, 1.807) is 0 Å². The highest BCUT2D eigenvalue weighted by molar-refractivity contribution is 6.30. The molecular formula is C11H16ClFN4. The lowest BCUT2D eigenvalue weighted by molar-refractivity contribution is 0.267. The molecule has 1 aromatic heterocycles. The second-order valence-corrected chi connectivity index (χ2v) is 4.74. The van der Waals surface area contributed by atoms with E-state index in [4.69, 9.17) is 17.3 Å². The fourth-order valence-electron chi connectivity index (χ4n) is 2.11. The number of nitrogens with two attached hydrogens (primary N) is 1. The molecule has 17 heavy (non-hydrogen) atoms. The Balaban J connectivity index is 2.25. The Kier molecular flexibility index (Phi) is 3.81. The van der Waals surface area contributed by atoms with E-state index in [0.29, 0.717) is 17.4 Å². The lowest BCUT2D eigenvalue weighted by atomic mass is 10.1. The molecule has 1 aliphatic rings. The van der Waals surface area contributed by atoms with Crippen LogP contribution in [0.3, 0.4) is 0 Å². The first-order valence-electron chi connectivity index (χ1n) is 5.58. The van der Waals surface area contributed by atoms with Gasteiger partial charge in [-0.15, -0.1) is 0 Å². The van der Waals surface area contributed by atoms with E-state index in [-0.39, 0.29) is 11.9 Å². The van der Waals surface area contributed by atoms with Crippen molar-refractivity contribution in [1.82, 2.24) is 9.88 Å². The van der Waals surface area contributed by atoms with E-state index in [1.807, 2.05) is 11.9 Å². The van der Waals surface area contributed by atoms with Crippen molar-refractivity contribution in [3.05, 3.63) is 23.1 Å². The SMILES string of the molecule is CN1CCN(c2ncc(Cl)cc2F)C(CN)C1. The number of likely N-dealkylation sites (N-methyl/N-ethyl adjacent to an activating group) is 1. The molecule has 2 rings (SSSR count). The quantitative estimate of drug-likeness (QED) is 0.858. The predicted molar refractivity (Wildman–Crippen MR) is 66.9 cm³/mol. The number of pyridine rings is 1. The Labute approximate surface area is 105 Å². The molecule has 0 saturated carbocycles. The number of halogens is 2. The van der Waals surface area contributed by atoms with E-state index in [1.165, 1.54) is 12.3 Å². The number of piperazine rings is 1. The van der Waals surface area contributed by atoms with Crippen LogP contribution in [0.1, 0.15) is 0 Å². The van der Waals surface area contributed by atoms with Crippen molar-refractivity contribution < 1.29 is 4.39 Å². The molecule has 0 spiro atoms. The van der Waals surface area contributed by atoms with Gasteiger partial charge < -0.3 is 15.5 Å². The summed E-state index contributed by atoms with van der Waals surface area (Å²) in [6, 6.07) is 1.38. The number of anilines is 1. The molecule has 2 heterocycles. The van der Waals surface area contributed by atoms with Crippen molar-refractivity contribution in [2.24, 2.45) is 5.73 Å². The molecule has 94 valence electrons. The smallest absolute Gasteiger partial charge is 0.167 e. The average molecular weight is 259 g/mol. The summed E-state index contributed by atoms with van der Waals surface area (Å²) in [5.41, 5.74) is 5.73. The highest BCUT2D eigenvalue weighted by atomic mass is 35.5. The molecule has 1 aliphatic heterocycles. The zero-order chi connectivity index (χ0) is 12.4. The van der Waals surface area contributed by atoms with Crippen molar-refractivity contribution in [2.75, 3.05) is 38.1 Å². The Morgan fingerprint density at radius 3 is 3.00 bits per heavy atom. The standard InChI is InChI=1S/C11H16ClFN4/c1-16-2-3-17(9(5-14)7-16)11-10(13)4-8(12)6-15-11/h4,6,9H,2-3,5,7,14H2,1H3. The summed E-state index contributed by atoms with van der Waals surface area (Å²) in [5.74, 6) is -0.0431. The first-order valence-corrected chi connectivity index (χ1v) is 5.96. The Bertz CT molecular complexity index is 401. The summed E-state index contributed by atoms with van der Waals surface area (Å²) in [4.78, 5) is 8.17. The van der Waals surface area contributed by atoms with E-state index in [2.05, 4.69) is 9.88 Å². The summed E-state index contributed by atoms with van der Waals surface area (Å²) in [6.45, 7) is 2.90. The van der Waals surface area contributed by atoms with E-state index in [9.17, 15) is 4.39 Å². The van der Waals surface area contributed by atoms with Crippen LogP contribution >= 0.6 is 11.6 Å². The van der Waals surface area contributed by atoms with Crippen LogP contribution in [0.4, 0.5) is 10.2 Å². The van der Waals surface area contributed by atoms with Crippen molar-refractivity contribution in [1.29, 1.82) is 0 Å². The van der Waals surface area contributed by atoms with E-state index < -0.39 is 0 Å². The summed E-state index contributed by atoms with van der Waals surface area (Å²) in [5, 5.41) is 0.310. The van der Waals surface area contributed by atoms with Crippen molar-refractivity contribution in [3.63, 3.8) is 0 Å². The van der Waals surface area contributed by atoms with Gasteiger partial charge in [0.2, 0.25) is 0 Å². The molecule has 1 saturated heterocycles. The van der Waals surface area contributed by atoms with Gasteiger partial charge in [0.15, 0.2) is 11.6 Å². The number of aromatic nitrogens is 1. The van der Waals surface area contributed by atoms with Crippen LogP contribution in [0.25, 0.3) is 0 Å². The van der Waals surface area contributed by atoms with Crippen LogP contribution in [0.2, 0.25) is 5.02 Å². The molecule has 0 aromatic carbocycles. The molecule has 0 amide bonds. The zero-order valence-corrected chi connectivity index (χ0v) is 10.5. The van der Waals surface area contributed by atoms with Gasteiger partial charge in [0.05, 0.1) is 11.1 Å². The largest absolute Gasteiger partial charge is 0.347 e. The summed E-state index contributed by atoms with van der Waals surface area (Å²) < 4.78 is 13.8. The number of rotatable bonds is 2. The fraction of sp³-hybridized carbons (Fsp3) is 0.545. The summed E-state index contributed by atoms with van der Waals surface area (Å²) >= 11 is 5.70. The van der Waals surface area contributed by atoms with Crippen LogP contribution < -0.4 is 10.6 Å². The van der Waals surface area contributed by atoms with E-state index in [0.717, 1.165) is 19.6 Å². The molecule has 1 aromatic rings. The maximum absolute atomic E-state index is 13.8. The van der Waals surface area contributed by atoms with Gasteiger partial charge >= 0.3 is 0 Å². The Morgan fingerprint density at radius 1 is 1.59 bits per heavy atom. The minimum absolute atomic E-state index is 0.0944. The zero-order valence-electron chi connectivity index (χ0n) is 9.74. The van der Waals surface area contributed by atoms with Gasteiger partial charge in [-0.2, -0.15) is 0 Å². The lowest BCUT2D eigenvalue weighted by Gasteiger charge is -2.40. The third-order valence-electron chi connectivity index (χ3n) is 3.02. The van der Waals surface area contributed by atoms with Gasteiger partial charge in [-0.05, 0) is 13.1 Å². The van der Waals surface area contributed by atoms with Crippen molar-refractivity contribution >= 4 is 17.4 Å². The maximum Gasteiger partial charge on any atom is 0.167 e. The van der Waals surface area contributed by atoms with Gasteiger partial charge in [-0.3, -0.25) is 0 Å². The summed E-state index contributed by atoms with van der Waals surface area (Å²) in [6.07, 6.45) is 1.46. The topological polar surface area (TPSA) is 45.4 Å². The first-order chi connectivity index (χ1) is 8.11. The second kappa shape index (κ2) is 5.16. The molecule has 1 atom stereocenters. The van der Waals surface area contributed by atoms with Crippen LogP contribution in [0.15, 0.2) is 12.3 Å². The molecule has 0 bridgehead atoms. The summed E-state index contributed by atoms with van der Waals surface area (Å²) in [7, 11) is 2.03. The third-order valence-corrected chi connectivity index (χ3v) is 3.23. The molecular weight excluding hydrogens is 243 g/mol. The predicted octanol–water partition coefficient (Wildman–Crippen LogP) is 0.953. The molecule has 2 N–H and O–H groups in total. The molecule has 6 heteroatoms. The van der Waals surface area contributed by atoms with Crippen LogP contribution in [-0.4, -0.2) is 49.2 Å². The van der Waals surface area contributed by atoms with Crippen molar-refractivity contribution in [2.45, 2.75) is 6.04 Å².